The molecule has 94 valence electrons. The van der Waals surface area contributed by atoms with Crippen molar-refractivity contribution in [3.05, 3.63) is 21.3 Å². The summed E-state index contributed by atoms with van der Waals surface area (Å²) in [6.45, 7) is 5.89. The van der Waals surface area contributed by atoms with Crippen LogP contribution in [-0.4, -0.2) is 19.0 Å². The molecule has 5 heteroatoms. The van der Waals surface area contributed by atoms with Crippen LogP contribution in [0.3, 0.4) is 0 Å². The minimum Gasteiger partial charge on any atom is -0.349 e. The predicted molar refractivity (Wildman–Crippen MR) is 71.4 cm³/mol. The van der Waals surface area contributed by atoms with E-state index < -0.39 is 0 Å². The molecule has 17 heavy (non-hydrogen) atoms. The highest BCUT2D eigenvalue weighted by molar-refractivity contribution is 7.16. The first-order valence-electron chi connectivity index (χ1n) is 5.84. The number of halogens is 1. The van der Waals surface area contributed by atoms with Crippen molar-refractivity contribution in [1.82, 2.24) is 10.6 Å². The van der Waals surface area contributed by atoms with Crippen LogP contribution in [0.15, 0.2) is 12.1 Å². The van der Waals surface area contributed by atoms with Crippen molar-refractivity contribution in [3.8, 4) is 0 Å². The van der Waals surface area contributed by atoms with Crippen LogP contribution in [0.4, 0.5) is 0 Å². The third-order valence-electron chi connectivity index (χ3n) is 3.31. The molecular weight excluding hydrogens is 256 g/mol. The van der Waals surface area contributed by atoms with Crippen LogP contribution >= 0.6 is 22.9 Å². The van der Waals surface area contributed by atoms with Crippen molar-refractivity contribution in [1.29, 1.82) is 0 Å². The quantitative estimate of drug-likeness (QED) is 0.884. The van der Waals surface area contributed by atoms with Gasteiger partial charge in [0.25, 0.3) is 0 Å². The van der Waals surface area contributed by atoms with Gasteiger partial charge in [0.05, 0.1) is 10.4 Å². The lowest BCUT2D eigenvalue weighted by Gasteiger charge is -2.32. The summed E-state index contributed by atoms with van der Waals surface area (Å²) in [5.74, 6) is 0.691. The van der Waals surface area contributed by atoms with Gasteiger partial charge in [0.1, 0.15) is 0 Å². The number of rotatable bonds is 4. The predicted octanol–water partition coefficient (Wildman–Crippen LogP) is 2.43. The van der Waals surface area contributed by atoms with Gasteiger partial charge < -0.3 is 10.6 Å². The van der Waals surface area contributed by atoms with Gasteiger partial charge >= 0.3 is 0 Å². The molecule has 1 fully saturated rings. The number of hydrogen-bond donors (Lipinski definition) is 2. The third kappa shape index (κ3) is 3.00. The zero-order valence-corrected chi connectivity index (χ0v) is 11.6. The van der Waals surface area contributed by atoms with E-state index in [1.165, 1.54) is 11.3 Å². The Balaban J connectivity index is 1.89. The molecule has 0 bridgehead atoms. The number of hydrogen-bond acceptors (Lipinski definition) is 3. The highest BCUT2D eigenvalue weighted by atomic mass is 35.5. The highest BCUT2D eigenvalue weighted by Gasteiger charge is 2.29. The lowest BCUT2D eigenvalue weighted by Crippen LogP contribution is -2.49. The van der Waals surface area contributed by atoms with Crippen LogP contribution in [0.5, 0.6) is 0 Å². The largest absolute Gasteiger partial charge is 0.349 e. The molecule has 2 atom stereocenters. The van der Waals surface area contributed by atoms with E-state index in [0.29, 0.717) is 5.92 Å². The Hall–Kier alpha value is -0.580. The molecule has 0 aliphatic carbocycles. The van der Waals surface area contributed by atoms with Crippen LogP contribution in [0.25, 0.3) is 0 Å². The van der Waals surface area contributed by atoms with Gasteiger partial charge in [-0.2, -0.15) is 0 Å². The van der Waals surface area contributed by atoms with E-state index in [1.807, 2.05) is 26.0 Å². The van der Waals surface area contributed by atoms with Crippen molar-refractivity contribution in [2.24, 2.45) is 11.8 Å². The second-order valence-electron chi connectivity index (χ2n) is 4.58. The standard InChI is InChI=1S/C12H17ClN2OS/c1-7(9-5-14-6-9)12(16)15-8(2)10-3-4-11(13)17-10/h3-4,7-9,14H,5-6H2,1-2H3,(H,15,16). The molecule has 1 aliphatic heterocycles. The molecule has 2 unspecified atom stereocenters. The fraction of sp³-hybridized carbons (Fsp3) is 0.583. The fourth-order valence-corrected chi connectivity index (χ4v) is 2.92. The topological polar surface area (TPSA) is 41.1 Å². The summed E-state index contributed by atoms with van der Waals surface area (Å²) in [5.41, 5.74) is 0. The number of carbonyl (C=O) groups excluding carboxylic acids is 1. The molecule has 1 saturated heterocycles. The average Bonchev–Trinajstić information content (AvgIpc) is 2.62. The Kier molecular flexibility index (Phi) is 4.07. The lowest BCUT2D eigenvalue weighted by molar-refractivity contribution is -0.127. The zero-order valence-electron chi connectivity index (χ0n) is 10.00. The van der Waals surface area contributed by atoms with Crippen molar-refractivity contribution < 1.29 is 4.79 Å². The van der Waals surface area contributed by atoms with Crippen LogP contribution in [0.2, 0.25) is 4.34 Å². The molecule has 2 heterocycles. The fourth-order valence-electron chi connectivity index (χ4n) is 1.86. The first kappa shape index (κ1) is 12.9. The van der Waals surface area contributed by atoms with Crippen LogP contribution in [0.1, 0.15) is 24.8 Å². The van der Waals surface area contributed by atoms with Gasteiger partial charge in [0.2, 0.25) is 5.91 Å². The van der Waals surface area contributed by atoms with Crippen molar-refractivity contribution in [2.75, 3.05) is 13.1 Å². The molecule has 3 nitrogen and oxygen atoms in total. The van der Waals surface area contributed by atoms with E-state index in [0.717, 1.165) is 22.3 Å². The normalized spacial score (nSPS) is 19.5. The molecule has 1 aliphatic rings. The van der Waals surface area contributed by atoms with E-state index >= 15 is 0 Å². The number of thiophene rings is 1. The Morgan fingerprint density at radius 3 is 2.71 bits per heavy atom. The minimum atomic E-state index is 0.0375. The second-order valence-corrected chi connectivity index (χ2v) is 6.33. The second kappa shape index (κ2) is 5.38. The summed E-state index contributed by atoms with van der Waals surface area (Å²) in [4.78, 5) is 13.1. The van der Waals surface area contributed by atoms with E-state index in [-0.39, 0.29) is 17.9 Å². The summed E-state index contributed by atoms with van der Waals surface area (Å²) >= 11 is 7.40. The van der Waals surface area contributed by atoms with Crippen LogP contribution in [0, 0.1) is 11.8 Å². The molecule has 1 amide bonds. The van der Waals surface area contributed by atoms with Gasteiger partial charge in [-0.15, -0.1) is 11.3 Å². The minimum absolute atomic E-state index is 0.0375. The van der Waals surface area contributed by atoms with E-state index in [4.69, 9.17) is 11.6 Å². The first-order valence-corrected chi connectivity index (χ1v) is 7.03. The summed E-state index contributed by atoms with van der Waals surface area (Å²) < 4.78 is 0.761. The Morgan fingerprint density at radius 1 is 1.53 bits per heavy atom. The van der Waals surface area contributed by atoms with Gasteiger partial charge in [-0.1, -0.05) is 18.5 Å². The van der Waals surface area contributed by atoms with E-state index in [9.17, 15) is 4.79 Å². The Bertz CT molecular complexity index is 403. The van der Waals surface area contributed by atoms with Gasteiger partial charge in [0, 0.05) is 10.8 Å². The van der Waals surface area contributed by atoms with Crippen LogP contribution < -0.4 is 10.6 Å². The third-order valence-corrected chi connectivity index (χ3v) is 4.73. The molecule has 2 N–H and O–H groups in total. The molecular formula is C12H17ClN2OS. The molecule has 0 aromatic carbocycles. The van der Waals surface area contributed by atoms with Gasteiger partial charge in [-0.25, -0.2) is 0 Å². The summed E-state index contributed by atoms with van der Waals surface area (Å²) in [6.07, 6.45) is 0. The maximum atomic E-state index is 12.0. The monoisotopic (exact) mass is 272 g/mol. The number of carbonyl (C=O) groups is 1. The molecule has 0 spiro atoms. The Morgan fingerprint density at radius 2 is 2.24 bits per heavy atom. The molecule has 0 radical (unpaired) electrons. The van der Waals surface area contributed by atoms with Gasteiger partial charge in [0.15, 0.2) is 0 Å². The molecule has 0 saturated carbocycles. The van der Waals surface area contributed by atoms with Crippen molar-refractivity contribution in [3.63, 3.8) is 0 Å². The van der Waals surface area contributed by atoms with E-state index in [1.54, 1.807) is 0 Å². The van der Waals surface area contributed by atoms with Gasteiger partial charge in [-0.05, 0) is 38.1 Å². The maximum Gasteiger partial charge on any atom is 0.223 e. The SMILES string of the molecule is CC(NC(=O)C(C)C1CNC1)c1ccc(Cl)s1. The molecule has 2 rings (SSSR count). The van der Waals surface area contributed by atoms with Gasteiger partial charge in [-0.3, -0.25) is 4.79 Å². The van der Waals surface area contributed by atoms with Crippen molar-refractivity contribution >= 4 is 28.8 Å². The van der Waals surface area contributed by atoms with Crippen molar-refractivity contribution in [2.45, 2.75) is 19.9 Å². The summed E-state index contributed by atoms with van der Waals surface area (Å²) in [5, 5.41) is 6.23. The maximum absolute atomic E-state index is 12.0. The summed E-state index contributed by atoms with van der Waals surface area (Å²) in [6, 6.07) is 3.87. The average molecular weight is 273 g/mol. The zero-order chi connectivity index (χ0) is 12.4. The molecule has 1 aromatic rings. The summed E-state index contributed by atoms with van der Waals surface area (Å²) in [7, 11) is 0. The smallest absolute Gasteiger partial charge is 0.223 e. The lowest BCUT2D eigenvalue weighted by atomic mass is 9.88. The number of nitrogens with one attached hydrogen (secondary N) is 2. The van der Waals surface area contributed by atoms with E-state index in [2.05, 4.69) is 10.6 Å². The first-order chi connectivity index (χ1) is 8.08. The highest BCUT2D eigenvalue weighted by Crippen LogP contribution is 2.27. The van der Waals surface area contributed by atoms with Crippen LogP contribution in [-0.2, 0) is 4.79 Å². The molecule has 1 aromatic heterocycles. The number of amides is 1. The Labute approximate surface area is 111 Å².